The second kappa shape index (κ2) is 5.33. The minimum absolute atomic E-state index is 0.580. The van der Waals surface area contributed by atoms with Crippen molar-refractivity contribution in [1.29, 1.82) is 0 Å². The number of hydrogen-bond donors (Lipinski definition) is 3. The topological polar surface area (TPSA) is 75.9 Å². The molecule has 0 aliphatic heterocycles. The van der Waals surface area contributed by atoms with Crippen LogP contribution in [-0.4, -0.2) is 29.8 Å². The number of aromatic nitrogens is 2. The minimum atomic E-state index is 0.580. The fraction of sp³-hybridized carbons (Fsp3) is 0.714. The van der Waals surface area contributed by atoms with Gasteiger partial charge in [0.05, 0.1) is 11.9 Å². The molecule has 19 heavy (non-hydrogen) atoms. The molecule has 2 saturated carbocycles. The monoisotopic (exact) mass is 261 g/mol. The van der Waals surface area contributed by atoms with E-state index in [9.17, 15) is 0 Å². The number of rotatable bonds is 5. The Morgan fingerprint density at radius 1 is 1.37 bits per heavy atom. The van der Waals surface area contributed by atoms with Crippen LogP contribution in [0.4, 0.5) is 11.5 Å². The molecule has 0 radical (unpaired) electrons. The molecule has 3 rings (SSSR count). The van der Waals surface area contributed by atoms with Gasteiger partial charge in [-0.05, 0) is 44.1 Å². The molecule has 2 bridgehead atoms. The van der Waals surface area contributed by atoms with Crippen molar-refractivity contribution in [3.05, 3.63) is 11.8 Å². The van der Waals surface area contributed by atoms with Gasteiger partial charge in [-0.25, -0.2) is 0 Å². The van der Waals surface area contributed by atoms with E-state index in [2.05, 4.69) is 20.8 Å². The van der Waals surface area contributed by atoms with Crippen molar-refractivity contribution >= 4 is 11.5 Å². The zero-order valence-electron chi connectivity index (χ0n) is 11.5. The summed E-state index contributed by atoms with van der Waals surface area (Å²) >= 11 is 0. The molecule has 0 amide bonds. The summed E-state index contributed by atoms with van der Waals surface area (Å²) in [5, 5.41) is 15.2. The van der Waals surface area contributed by atoms with Crippen molar-refractivity contribution in [1.82, 2.24) is 10.2 Å². The minimum Gasteiger partial charge on any atom is -0.386 e. The maximum atomic E-state index is 5.72. The van der Waals surface area contributed by atoms with Crippen LogP contribution in [0, 0.1) is 11.8 Å². The number of nitrogens with two attached hydrogens (primary N) is 1. The molecule has 0 aromatic carbocycles. The van der Waals surface area contributed by atoms with Crippen LogP contribution in [0.2, 0.25) is 0 Å². The first kappa shape index (κ1) is 12.7. The van der Waals surface area contributed by atoms with Crippen LogP contribution in [-0.2, 0) is 6.42 Å². The maximum absolute atomic E-state index is 5.72. The lowest BCUT2D eigenvalue weighted by atomic mass is 9.95. The molecule has 2 fully saturated rings. The van der Waals surface area contributed by atoms with E-state index in [-0.39, 0.29) is 0 Å². The Labute approximate surface area is 114 Å². The van der Waals surface area contributed by atoms with Crippen LogP contribution in [0.5, 0.6) is 0 Å². The van der Waals surface area contributed by atoms with E-state index in [0.29, 0.717) is 12.6 Å². The van der Waals surface area contributed by atoms with Crippen molar-refractivity contribution < 1.29 is 0 Å². The molecule has 2 aliphatic carbocycles. The molecular weight excluding hydrogens is 238 g/mol. The van der Waals surface area contributed by atoms with Crippen LogP contribution in [0.15, 0.2) is 6.20 Å². The predicted octanol–water partition coefficient (Wildman–Crippen LogP) is 1.62. The summed E-state index contributed by atoms with van der Waals surface area (Å²) in [5.41, 5.74) is 7.92. The normalized spacial score (nSPS) is 28.6. The lowest BCUT2D eigenvalue weighted by Gasteiger charge is -2.24. The first-order valence-electron chi connectivity index (χ1n) is 7.30. The highest BCUT2D eigenvalue weighted by Gasteiger charge is 2.39. The fourth-order valence-corrected chi connectivity index (χ4v) is 3.74. The first-order valence-corrected chi connectivity index (χ1v) is 7.30. The smallest absolute Gasteiger partial charge is 0.154 e. The molecule has 4 N–H and O–H groups in total. The highest BCUT2D eigenvalue weighted by atomic mass is 15.2. The number of hydrogen-bond acceptors (Lipinski definition) is 5. The van der Waals surface area contributed by atoms with Crippen LogP contribution in [0.3, 0.4) is 0 Å². The van der Waals surface area contributed by atoms with Crippen LogP contribution < -0.4 is 16.4 Å². The lowest BCUT2D eigenvalue weighted by molar-refractivity contribution is 0.438. The molecule has 0 saturated heterocycles. The van der Waals surface area contributed by atoms with Gasteiger partial charge in [0.2, 0.25) is 0 Å². The Morgan fingerprint density at radius 3 is 2.89 bits per heavy atom. The van der Waals surface area contributed by atoms with Crippen molar-refractivity contribution in [2.45, 2.75) is 38.1 Å². The zero-order chi connectivity index (χ0) is 13.2. The first-order chi connectivity index (χ1) is 9.31. The van der Waals surface area contributed by atoms with E-state index in [0.717, 1.165) is 29.8 Å². The van der Waals surface area contributed by atoms with Gasteiger partial charge in [0, 0.05) is 18.7 Å². The Hall–Kier alpha value is -1.36. The Bertz CT molecular complexity index is 447. The Kier molecular flexibility index (Phi) is 3.55. The van der Waals surface area contributed by atoms with Gasteiger partial charge in [0.15, 0.2) is 5.82 Å². The third-order valence-electron chi connectivity index (χ3n) is 4.68. The summed E-state index contributed by atoms with van der Waals surface area (Å²) in [4.78, 5) is 0. The predicted molar refractivity (Wildman–Crippen MR) is 77.2 cm³/mol. The van der Waals surface area contributed by atoms with Gasteiger partial charge >= 0.3 is 0 Å². The van der Waals surface area contributed by atoms with E-state index >= 15 is 0 Å². The summed E-state index contributed by atoms with van der Waals surface area (Å²) in [7, 11) is 1.92. The standard InChI is InChI=1S/C14H23N5/c1-16-13-8-17-19-14(11(13)4-5-15)18-12-7-9-2-3-10(12)6-9/h8-10,12H,2-7,15H2,1H3,(H2,16,18,19). The number of nitrogens with zero attached hydrogens (tertiary/aromatic N) is 2. The lowest BCUT2D eigenvalue weighted by Crippen LogP contribution is -2.27. The molecule has 5 heteroatoms. The van der Waals surface area contributed by atoms with Gasteiger partial charge in [-0.15, -0.1) is 5.10 Å². The van der Waals surface area contributed by atoms with Crippen LogP contribution in [0.1, 0.15) is 31.2 Å². The molecule has 5 nitrogen and oxygen atoms in total. The average molecular weight is 261 g/mol. The van der Waals surface area contributed by atoms with E-state index in [1.54, 1.807) is 6.20 Å². The van der Waals surface area contributed by atoms with Crippen molar-refractivity contribution in [2.24, 2.45) is 17.6 Å². The van der Waals surface area contributed by atoms with Crippen molar-refractivity contribution in [3.63, 3.8) is 0 Å². The summed E-state index contributed by atoms with van der Waals surface area (Å²) in [6.45, 7) is 0.631. The highest BCUT2D eigenvalue weighted by Crippen LogP contribution is 2.45. The second-order valence-electron chi connectivity index (χ2n) is 5.80. The quantitative estimate of drug-likeness (QED) is 0.751. The molecule has 3 unspecified atom stereocenters. The molecule has 2 aliphatic rings. The SMILES string of the molecule is CNc1cnnc(NC2CC3CCC2C3)c1CCN. The third-order valence-corrected chi connectivity index (χ3v) is 4.68. The van der Waals surface area contributed by atoms with E-state index < -0.39 is 0 Å². The van der Waals surface area contributed by atoms with Gasteiger partial charge in [0.1, 0.15) is 0 Å². The maximum Gasteiger partial charge on any atom is 0.154 e. The Balaban J connectivity index is 1.79. The van der Waals surface area contributed by atoms with Gasteiger partial charge < -0.3 is 16.4 Å². The van der Waals surface area contributed by atoms with E-state index in [1.807, 2.05) is 7.05 Å². The molecule has 104 valence electrons. The van der Waals surface area contributed by atoms with E-state index in [1.165, 1.54) is 31.2 Å². The molecule has 1 aromatic heterocycles. The fourth-order valence-electron chi connectivity index (χ4n) is 3.74. The van der Waals surface area contributed by atoms with Gasteiger partial charge in [-0.3, -0.25) is 0 Å². The summed E-state index contributed by atoms with van der Waals surface area (Å²) in [5.74, 6) is 2.69. The second-order valence-corrected chi connectivity index (χ2v) is 5.80. The van der Waals surface area contributed by atoms with Crippen molar-refractivity contribution in [3.8, 4) is 0 Å². The number of nitrogens with one attached hydrogen (secondary N) is 2. The summed E-state index contributed by atoms with van der Waals surface area (Å²) in [6.07, 6.45) is 8.07. The molecule has 3 atom stereocenters. The third kappa shape index (κ3) is 2.39. The summed E-state index contributed by atoms with van der Waals surface area (Å²) < 4.78 is 0. The zero-order valence-corrected chi connectivity index (χ0v) is 11.5. The van der Waals surface area contributed by atoms with Gasteiger partial charge in [-0.2, -0.15) is 5.10 Å². The van der Waals surface area contributed by atoms with Crippen LogP contribution in [0.25, 0.3) is 0 Å². The molecule has 0 spiro atoms. The summed E-state index contributed by atoms with van der Waals surface area (Å²) in [6, 6.07) is 0.580. The van der Waals surface area contributed by atoms with Crippen LogP contribution >= 0.6 is 0 Å². The van der Waals surface area contributed by atoms with E-state index in [4.69, 9.17) is 5.73 Å². The molecular formula is C14H23N5. The Morgan fingerprint density at radius 2 is 2.26 bits per heavy atom. The average Bonchev–Trinajstić information content (AvgIpc) is 3.03. The number of fused-ring (bicyclic) bond motifs is 2. The largest absolute Gasteiger partial charge is 0.386 e. The van der Waals surface area contributed by atoms with Gasteiger partial charge in [0.25, 0.3) is 0 Å². The number of anilines is 2. The molecule has 1 aromatic rings. The van der Waals surface area contributed by atoms with Gasteiger partial charge in [-0.1, -0.05) is 6.42 Å². The highest BCUT2D eigenvalue weighted by molar-refractivity contribution is 5.60. The molecule has 1 heterocycles. The van der Waals surface area contributed by atoms with Crippen molar-refractivity contribution in [2.75, 3.05) is 24.2 Å².